The van der Waals surface area contributed by atoms with E-state index < -0.39 is 0 Å². The van der Waals surface area contributed by atoms with Gasteiger partial charge < -0.3 is 20.9 Å². The third-order valence-electron chi connectivity index (χ3n) is 9.50. The van der Waals surface area contributed by atoms with Gasteiger partial charge in [-0.3, -0.25) is 0 Å². The van der Waals surface area contributed by atoms with Crippen molar-refractivity contribution in [1.82, 2.24) is 20.9 Å². The molecule has 2 aliphatic rings. The zero-order chi connectivity index (χ0) is 33.0. The highest BCUT2D eigenvalue weighted by Gasteiger charge is 2.19. The van der Waals surface area contributed by atoms with Crippen LogP contribution in [-0.4, -0.2) is 45.1 Å². The molecule has 47 heavy (non-hydrogen) atoms. The minimum atomic E-state index is 0.0333. The molecule has 4 nitrogen and oxygen atoms in total. The predicted molar refractivity (Wildman–Crippen MR) is 206 cm³/mol. The Hall–Kier alpha value is -4.05. The standard InChI is InChI=1S/C41H52B2N4/c1-6-7-24-44-30(2)21-25-45-32(4)41(46-31(3)35-15-17-39-37(27-35)19-22-42-39)14-11-26-47(29-34-12-9-8-10-13-34)33(5)36-16-18-40-38(28-36)20-23-43-40/h8-10,12-13,15-18,27-28,41,44-46H,2-7,11,14,19-26,29H2,1H3/t41-/m0/s1. The van der Waals surface area contributed by atoms with Gasteiger partial charge in [-0.05, 0) is 48.8 Å². The van der Waals surface area contributed by atoms with Gasteiger partial charge in [-0.25, -0.2) is 0 Å². The first-order chi connectivity index (χ1) is 22.9. The Morgan fingerprint density at radius 1 is 0.809 bits per heavy atom. The third kappa shape index (κ3) is 9.73. The van der Waals surface area contributed by atoms with Crippen LogP contribution in [0.1, 0.15) is 66.8 Å². The summed E-state index contributed by atoms with van der Waals surface area (Å²) in [5.74, 6) is 0. The molecule has 0 saturated heterocycles. The van der Waals surface area contributed by atoms with E-state index in [0.717, 1.165) is 106 Å². The van der Waals surface area contributed by atoms with Crippen LogP contribution >= 0.6 is 0 Å². The van der Waals surface area contributed by atoms with Crippen LogP contribution in [0.4, 0.5) is 0 Å². The zero-order valence-corrected chi connectivity index (χ0v) is 28.6. The summed E-state index contributed by atoms with van der Waals surface area (Å²) in [6.07, 6.45) is 9.56. The van der Waals surface area contributed by atoms with Gasteiger partial charge in [0, 0.05) is 55.4 Å². The number of aryl methyl sites for hydroxylation is 2. The molecule has 6 heteroatoms. The molecule has 3 N–H and O–H groups in total. The maximum absolute atomic E-state index is 4.62. The zero-order valence-electron chi connectivity index (χ0n) is 28.6. The molecule has 0 unspecified atom stereocenters. The van der Waals surface area contributed by atoms with Crippen molar-refractivity contribution in [1.29, 1.82) is 0 Å². The first-order valence-electron chi connectivity index (χ1n) is 17.6. The van der Waals surface area contributed by atoms with Crippen LogP contribution in [-0.2, 0) is 19.4 Å². The Morgan fingerprint density at radius 2 is 1.49 bits per heavy atom. The van der Waals surface area contributed by atoms with Crippen molar-refractivity contribution in [3.8, 4) is 0 Å². The minimum Gasteiger partial charge on any atom is -0.389 e. The SMILES string of the molecule is C=C(CCNC(=C)[C@H](CCCN(Cc1ccccc1)C(=C)c1ccc2c(c1)CC[B]2)NC(=C)c1ccc2c(c1)CC[B]2)NCCCC. The van der Waals surface area contributed by atoms with Crippen LogP contribution < -0.4 is 26.9 Å². The number of rotatable bonds is 20. The molecule has 0 amide bonds. The molecule has 2 aliphatic heterocycles. The lowest BCUT2D eigenvalue weighted by Crippen LogP contribution is -2.36. The number of hydrogen-bond acceptors (Lipinski definition) is 4. The fraction of sp³-hybridized carbons (Fsp3) is 0.366. The molecule has 0 aliphatic carbocycles. The van der Waals surface area contributed by atoms with Crippen LogP contribution in [0.2, 0.25) is 12.6 Å². The van der Waals surface area contributed by atoms with Gasteiger partial charge in [-0.2, -0.15) is 0 Å². The quantitative estimate of drug-likeness (QED) is 0.0985. The Balaban J connectivity index is 1.26. The molecule has 0 aromatic heterocycles. The second kappa shape index (κ2) is 17.2. The maximum Gasteiger partial charge on any atom is 0.152 e. The largest absolute Gasteiger partial charge is 0.389 e. The van der Waals surface area contributed by atoms with Crippen LogP contribution in [0.15, 0.2) is 104 Å². The summed E-state index contributed by atoms with van der Waals surface area (Å²) >= 11 is 0. The number of benzene rings is 3. The fourth-order valence-corrected chi connectivity index (χ4v) is 6.61. The van der Waals surface area contributed by atoms with E-state index in [4.69, 9.17) is 0 Å². The van der Waals surface area contributed by atoms with E-state index >= 15 is 0 Å². The van der Waals surface area contributed by atoms with Crippen molar-refractivity contribution in [3.05, 3.63) is 132 Å². The van der Waals surface area contributed by atoms with Gasteiger partial charge in [0.2, 0.25) is 0 Å². The molecular weight excluding hydrogens is 570 g/mol. The van der Waals surface area contributed by atoms with Crippen molar-refractivity contribution in [3.63, 3.8) is 0 Å². The Bertz CT molecular complexity index is 1550. The van der Waals surface area contributed by atoms with Crippen molar-refractivity contribution >= 4 is 36.9 Å². The normalized spacial score (nSPS) is 13.4. The molecule has 0 saturated carbocycles. The number of unbranched alkanes of at least 4 members (excludes halogenated alkanes) is 1. The molecule has 3 aromatic rings. The van der Waals surface area contributed by atoms with E-state index in [2.05, 4.69) is 135 Å². The van der Waals surface area contributed by atoms with E-state index in [9.17, 15) is 0 Å². The van der Waals surface area contributed by atoms with E-state index in [1.807, 2.05) is 0 Å². The summed E-state index contributed by atoms with van der Waals surface area (Å²) in [6.45, 7) is 23.5. The maximum atomic E-state index is 4.62. The molecule has 0 fully saturated rings. The second-order valence-electron chi connectivity index (χ2n) is 13.1. The highest BCUT2D eigenvalue weighted by atomic mass is 15.1. The predicted octanol–water partition coefficient (Wildman–Crippen LogP) is 6.57. The molecular formula is C41H52B2N4. The third-order valence-corrected chi connectivity index (χ3v) is 9.50. The molecule has 2 radical (unpaired) electrons. The van der Waals surface area contributed by atoms with Crippen molar-refractivity contribution in [2.75, 3.05) is 19.6 Å². The first kappa shape index (κ1) is 34.3. The van der Waals surface area contributed by atoms with Crippen molar-refractivity contribution in [2.24, 2.45) is 0 Å². The summed E-state index contributed by atoms with van der Waals surface area (Å²) < 4.78 is 0. The lowest BCUT2D eigenvalue weighted by Gasteiger charge is -2.30. The monoisotopic (exact) mass is 622 g/mol. The van der Waals surface area contributed by atoms with E-state index in [-0.39, 0.29) is 6.04 Å². The van der Waals surface area contributed by atoms with Crippen molar-refractivity contribution in [2.45, 2.75) is 77.1 Å². The Labute approximate surface area is 286 Å². The molecule has 242 valence electrons. The van der Waals surface area contributed by atoms with Gasteiger partial charge in [0.25, 0.3) is 0 Å². The molecule has 0 spiro atoms. The summed E-state index contributed by atoms with van der Waals surface area (Å²) in [5, 5.41) is 10.8. The van der Waals surface area contributed by atoms with Gasteiger partial charge in [0.05, 0.1) is 6.04 Å². The van der Waals surface area contributed by atoms with E-state index in [1.54, 1.807) is 0 Å². The van der Waals surface area contributed by atoms with E-state index in [1.165, 1.54) is 39.6 Å². The van der Waals surface area contributed by atoms with Crippen LogP contribution in [0.3, 0.4) is 0 Å². The summed E-state index contributed by atoms with van der Waals surface area (Å²) in [5.41, 5.74) is 13.3. The topological polar surface area (TPSA) is 39.3 Å². The van der Waals surface area contributed by atoms with Crippen LogP contribution in [0.25, 0.3) is 11.4 Å². The number of hydrogen-bond donors (Lipinski definition) is 3. The second-order valence-corrected chi connectivity index (χ2v) is 13.1. The summed E-state index contributed by atoms with van der Waals surface area (Å²) in [4.78, 5) is 2.45. The fourth-order valence-electron chi connectivity index (χ4n) is 6.61. The Morgan fingerprint density at radius 3 is 2.19 bits per heavy atom. The first-order valence-corrected chi connectivity index (χ1v) is 17.6. The van der Waals surface area contributed by atoms with Crippen molar-refractivity contribution < 1.29 is 0 Å². The van der Waals surface area contributed by atoms with Gasteiger partial charge in [0.15, 0.2) is 14.6 Å². The van der Waals surface area contributed by atoms with E-state index in [0.29, 0.717) is 0 Å². The summed E-state index contributed by atoms with van der Waals surface area (Å²) in [6, 6.07) is 24.3. The number of fused-ring (bicyclic) bond motifs is 2. The molecule has 5 rings (SSSR count). The molecule has 1 atom stereocenters. The van der Waals surface area contributed by atoms with Crippen LogP contribution in [0.5, 0.6) is 0 Å². The highest BCUT2D eigenvalue weighted by molar-refractivity contribution is 6.56. The van der Waals surface area contributed by atoms with Crippen LogP contribution in [0, 0.1) is 0 Å². The molecule has 2 heterocycles. The van der Waals surface area contributed by atoms with Gasteiger partial charge >= 0.3 is 0 Å². The lowest BCUT2D eigenvalue weighted by atomic mass is 9.72. The average Bonchev–Trinajstić information content (AvgIpc) is 3.76. The highest BCUT2D eigenvalue weighted by Crippen LogP contribution is 2.24. The molecule has 0 bridgehead atoms. The van der Waals surface area contributed by atoms with Gasteiger partial charge in [-0.15, -0.1) is 0 Å². The number of nitrogens with zero attached hydrogens (tertiary/aromatic N) is 1. The number of nitrogens with one attached hydrogen (secondary N) is 3. The minimum absolute atomic E-state index is 0.0333. The Kier molecular flexibility index (Phi) is 12.5. The van der Waals surface area contributed by atoms with Gasteiger partial charge in [-0.1, -0.05) is 141 Å². The molecule has 3 aromatic carbocycles. The summed E-state index contributed by atoms with van der Waals surface area (Å²) in [7, 11) is 4.66. The lowest BCUT2D eigenvalue weighted by molar-refractivity contribution is 0.370. The average molecular weight is 623 g/mol. The van der Waals surface area contributed by atoms with Gasteiger partial charge in [0.1, 0.15) is 0 Å². The smallest absolute Gasteiger partial charge is 0.152 e.